The van der Waals surface area contributed by atoms with Crippen LogP contribution < -0.4 is 15.1 Å². The molecule has 2 aliphatic rings. The summed E-state index contributed by atoms with van der Waals surface area (Å²) < 4.78 is 0. The van der Waals surface area contributed by atoms with E-state index in [0.29, 0.717) is 11.6 Å². The van der Waals surface area contributed by atoms with Crippen LogP contribution in [0.5, 0.6) is 0 Å². The van der Waals surface area contributed by atoms with Crippen LogP contribution in [-0.4, -0.2) is 73.1 Å². The number of piperidine rings is 1. The molecule has 180 valence electrons. The molecule has 5 rings (SSSR count). The predicted octanol–water partition coefficient (Wildman–Crippen LogP) is 3.76. The summed E-state index contributed by atoms with van der Waals surface area (Å²) in [6.45, 7) is 7.63. The average Bonchev–Trinajstić information content (AvgIpc) is 3.31. The summed E-state index contributed by atoms with van der Waals surface area (Å²) in [5.41, 5.74) is 3.14. The molecule has 2 fully saturated rings. The zero-order chi connectivity index (χ0) is 23.3. The van der Waals surface area contributed by atoms with Gasteiger partial charge in [-0.15, -0.1) is 0 Å². The van der Waals surface area contributed by atoms with Crippen molar-refractivity contribution in [1.29, 1.82) is 0 Å². The third kappa shape index (κ3) is 5.47. The number of carbonyl (C=O) groups excluding carboxylic acids is 1. The second kappa shape index (κ2) is 10.7. The number of hydrogen-bond acceptors (Lipinski definition) is 5. The van der Waals surface area contributed by atoms with Crippen molar-refractivity contribution in [1.82, 2.24) is 20.2 Å². The highest BCUT2D eigenvalue weighted by molar-refractivity contribution is 6.31. The summed E-state index contributed by atoms with van der Waals surface area (Å²) in [4.78, 5) is 28.0. The highest BCUT2D eigenvalue weighted by atomic mass is 35.5. The minimum Gasteiger partial charge on any atom is -0.369 e. The van der Waals surface area contributed by atoms with Crippen LogP contribution in [0.3, 0.4) is 0 Å². The van der Waals surface area contributed by atoms with Crippen LogP contribution in [0.15, 0.2) is 48.5 Å². The Labute approximate surface area is 206 Å². The van der Waals surface area contributed by atoms with Crippen molar-refractivity contribution < 1.29 is 4.79 Å². The van der Waals surface area contributed by atoms with Gasteiger partial charge >= 0.3 is 0 Å². The van der Waals surface area contributed by atoms with Gasteiger partial charge in [0.15, 0.2) is 0 Å². The Kier molecular flexibility index (Phi) is 7.21. The molecular weight excluding hydrogens is 448 g/mol. The zero-order valence-electron chi connectivity index (χ0n) is 19.5. The lowest BCUT2D eigenvalue weighted by atomic mass is 9.97. The summed E-state index contributed by atoms with van der Waals surface area (Å²) in [5, 5.41) is 3.87. The smallest absolute Gasteiger partial charge is 0.224 e. The topological polar surface area (TPSA) is 67.5 Å². The fraction of sp³-hybridized carbons (Fsp3) is 0.462. The molecule has 0 bridgehead atoms. The van der Waals surface area contributed by atoms with Gasteiger partial charge < -0.3 is 20.1 Å². The Morgan fingerprint density at radius 2 is 1.88 bits per heavy atom. The summed E-state index contributed by atoms with van der Waals surface area (Å²) in [6.07, 6.45) is 2.90. The first-order chi connectivity index (χ1) is 16.7. The molecular formula is C26H33ClN6O. The normalized spacial score (nSPS) is 19.5. The molecule has 7 nitrogen and oxygen atoms in total. The SMILES string of the molecule is O=C(NCCCN1CCN(c2ccccc2)CC1)[C@@H]1CCCN(c2nc3ccc(Cl)cc3[nH]2)C1. The number of halogens is 1. The number of piperazine rings is 1. The molecule has 0 spiro atoms. The van der Waals surface area contributed by atoms with E-state index in [2.05, 4.69) is 55.3 Å². The highest BCUT2D eigenvalue weighted by Gasteiger charge is 2.27. The van der Waals surface area contributed by atoms with Gasteiger partial charge in [0.1, 0.15) is 0 Å². The molecule has 34 heavy (non-hydrogen) atoms. The Bertz CT molecular complexity index is 1100. The molecule has 2 aliphatic heterocycles. The number of benzene rings is 2. The number of rotatable bonds is 7. The minimum atomic E-state index is -0.0000301. The number of fused-ring (bicyclic) bond motifs is 1. The molecule has 3 aromatic rings. The molecule has 8 heteroatoms. The van der Waals surface area contributed by atoms with Crippen molar-refractivity contribution >= 4 is 40.2 Å². The fourth-order valence-corrected chi connectivity index (χ4v) is 5.20. The number of H-pyrrole nitrogens is 1. The largest absolute Gasteiger partial charge is 0.369 e. The molecule has 0 aliphatic carbocycles. The fourth-order valence-electron chi connectivity index (χ4n) is 5.03. The number of carbonyl (C=O) groups is 1. The number of imidazole rings is 1. The lowest BCUT2D eigenvalue weighted by Gasteiger charge is -2.36. The monoisotopic (exact) mass is 480 g/mol. The summed E-state index contributed by atoms with van der Waals surface area (Å²) in [7, 11) is 0. The van der Waals surface area contributed by atoms with Crippen molar-refractivity contribution in [2.75, 3.05) is 62.2 Å². The summed E-state index contributed by atoms with van der Waals surface area (Å²) in [6, 6.07) is 16.3. The molecule has 2 aromatic carbocycles. The first kappa shape index (κ1) is 23.0. The molecule has 1 amide bonds. The van der Waals surface area contributed by atoms with E-state index in [1.165, 1.54) is 5.69 Å². The van der Waals surface area contributed by atoms with Gasteiger partial charge in [-0.3, -0.25) is 9.69 Å². The molecule has 0 radical (unpaired) electrons. The zero-order valence-corrected chi connectivity index (χ0v) is 20.3. The average molecular weight is 481 g/mol. The van der Waals surface area contributed by atoms with Crippen LogP contribution >= 0.6 is 11.6 Å². The molecule has 1 atom stereocenters. The number of hydrogen-bond donors (Lipinski definition) is 2. The van der Waals surface area contributed by atoms with Crippen molar-refractivity contribution in [3.8, 4) is 0 Å². The Morgan fingerprint density at radius 1 is 1.06 bits per heavy atom. The van der Waals surface area contributed by atoms with Gasteiger partial charge in [0.2, 0.25) is 11.9 Å². The first-order valence-electron chi connectivity index (χ1n) is 12.4. The standard InChI is InChI=1S/C26H33ClN6O/c27-21-9-10-23-24(18-21)30-26(29-23)33-13-4-6-20(19-33)25(34)28-11-5-12-31-14-16-32(17-15-31)22-7-2-1-3-8-22/h1-3,7-10,18,20H,4-6,11-17,19H2,(H,28,34)(H,29,30)/t20-/m1/s1. The maximum Gasteiger partial charge on any atom is 0.224 e. The Balaban J connectivity index is 1.04. The van der Waals surface area contributed by atoms with E-state index in [4.69, 9.17) is 16.6 Å². The van der Waals surface area contributed by atoms with E-state index in [9.17, 15) is 4.79 Å². The number of nitrogens with zero attached hydrogens (tertiary/aromatic N) is 4. The van der Waals surface area contributed by atoms with E-state index < -0.39 is 0 Å². The number of para-hydroxylation sites is 1. The van der Waals surface area contributed by atoms with Crippen LogP contribution in [0.25, 0.3) is 11.0 Å². The van der Waals surface area contributed by atoms with Crippen LogP contribution in [0.1, 0.15) is 19.3 Å². The number of amides is 1. The van der Waals surface area contributed by atoms with Crippen LogP contribution in [-0.2, 0) is 4.79 Å². The maximum atomic E-state index is 12.8. The van der Waals surface area contributed by atoms with Gasteiger partial charge in [-0.05, 0) is 56.1 Å². The van der Waals surface area contributed by atoms with Crippen LogP contribution in [0.2, 0.25) is 5.02 Å². The lowest BCUT2D eigenvalue weighted by Crippen LogP contribution is -2.47. The maximum absolute atomic E-state index is 12.8. The molecule has 2 saturated heterocycles. The predicted molar refractivity (Wildman–Crippen MR) is 139 cm³/mol. The number of anilines is 2. The van der Waals surface area contributed by atoms with E-state index in [0.717, 1.165) is 82.1 Å². The number of aromatic nitrogens is 2. The third-order valence-electron chi connectivity index (χ3n) is 6.97. The van der Waals surface area contributed by atoms with E-state index in [-0.39, 0.29) is 11.8 Å². The van der Waals surface area contributed by atoms with Gasteiger partial charge in [-0.25, -0.2) is 4.98 Å². The van der Waals surface area contributed by atoms with Gasteiger partial charge in [0, 0.05) is 56.5 Å². The van der Waals surface area contributed by atoms with E-state index in [1.54, 1.807) is 0 Å². The first-order valence-corrected chi connectivity index (χ1v) is 12.7. The molecule has 3 heterocycles. The molecule has 0 saturated carbocycles. The summed E-state index contributed by atoms with van der Waals surface area (Å²) >= 11 is 6.10. The molecule has 1 aromatic heterocycles. The van der Waals surface area contributed by atoms with Gasteiger partial charge in [0.25, 0.3) is 0 Å². The van der Waals surface area contributed by atoms with Crippen molar-refractivity contribution in [2.24, 2.45) is 5.92 Å². The van der Waals surface area contributed by atoms with Crippen molar-refractivity contribution in [3.05, 3.63) is 53.6 Å². The van der Waals surface area contributed by atoms with E-state index in [1.807, 2.05) is 18.2 Å². The number of nitrogens with one attached hydrogen (secondary N) is 2. The summed E-state index contributed by atoms with van der Waals surface area (Å²) in [5.74, 6) is 0.988. The van der Waals surface area contributed by atoms with E-state index >= 15 is 0 Å². The van der Waals surface area contributed by atoms with Gasteiger partial charge in [0.05, 0.1) is 17.0 Å². The lowest BCUT2D eigenvalue weighted by molar-refractivity contribution is -0.125. The van der Waals surface area contributed by atoms with Crippen molar-refractivity contribution in [2.45, 2.75) is 19.3 Å². The van der Waals surface area contributed by atoms with Crippen LogP contribution in [0, 0.1) is 5.92 Å². The Hall–Kier alpha value is -2.77. The molecule has 0 unspecified atom stereocenters. The second-order valence-electron chi connectivity index (χ2n) is 9.32. The Morgan fingerprint density at radius 3 is 2.71 bits per heavy atom. The van der Waals surface area contributed by atoms with Gasteiger partial charge in [-0.2, -0.15) is 0 Å². The highest BCUT2D eigenvalue weighted by Crippen LogP contribution is 2.25. The number of aromatic amines is 1. The van der Waals surface area contributed by atoms with Crippen molar-refractivity contribution in [3.63, 3.8) is 0 Å². The third-order valence-corrected chi connectivity index (χ3v) is 7.20. The molecule has 2 N–H and O–H groups in total. The second-order valence-corrected chi connectivity index (χ2v) is 9.75. The quantitative estimate of drug-likeness (QED) is 0.504. The van der Waals surface area contributed by atoms with Gasteiger partial charge in [-0.1, -0.05) is 29.8 Å². The van der Waals surface area contributed by atoms with Crippen LogP contribution in [0.4, 0.5) is 11.6 Å². The minimum absolute atomic E-state index is 0.0000301.